The summed E-state index contributed by atoms with van der Waals surface area (Å²) in [6.07, 6.45) is 3.96. The number of hydrogen-bond acceptors (Lipinski definition) is 6. The SMILES string of the molecule is CC1CSC(CC2(C3OCCO3)SCC(C)S2)CCCS1. The quantitative estimate of drug-likeness (QED) is 0.735. The van der Waals surface area contributed by atoms with E-state index in [0.717, 1.165) is 29.0 Å². The van der Waals surface area contributed by atoms with Crippen molar-refractivity contribution in [2.45, 2.75) is 59.2 Å². The lowest BCUT2D eigenvalue weighted by atomic mass is 10.1. The Labute approximate surface area is 146 Å². The Balaban J connectivity index is 1.65. The third-order valence-corrected chi connectivity index (χ3v) is 10.8. The van der Waals surface area contributed by atoms with Crippen molar-refractivity contribution in [3.8, 4) is 0 Å². The van der Waals surface area contributed by atoms with Crippen LogP contribution < -0.4 is 0 Å². The molecule has 122 valence electrons. The van der Waals surface area contributed by atoms with Gasteiger partial charge in [-0.05, 0) is 25.0 Å². The van der Waals surface area contributed by atoms with Crippen LogP contribution in [-0.4, -0.2) is 56.6 Å². The molecule has 3 heterocycles. The van der Waals surface area contributed by atoms with Crippen molar-refractivity contribution in [3.63, 3.8) is 0 Å². The van der Waals surface area contributed by atoms with Crippen molar-refractivity contribution in [2.24, 2.45) is 0 Å². The molecule has 0 aromatic carbocycles. The van der Waals surface area contributed by atoms with Gasteiger partial charge in [-0.3, -0.25) is 0 Å². The average Bonchev–Trinajstić information content (AvgIpc) is 3.09. The molecule has 0 N–H and O–H groups in total. The highest BCUT2D eigenvalue weighted by Gasteiger charge is 2.50. The predicted molar refractivity (Wildman–Crippen MR) is 100.0 cm³/mol. The molecule has 4 atom stereocenters. The van der Waals surface area contributed by atoms with Crippen molar-refractivity contribution in [3.05, 3.63) is 0 Å². The van der Waals surface area contributed by atoms with Gasteiger partial charge >= 0.3 is 0 Å². The highest BCUT2D eigenvalue weighted by Crippen LogP contribution is 2.56. The molecule has 3 aliphatic heterocycles. The second-order valence-corrected chi connectivity index (χ2v) is 12.4. The van der Waals surface area contributed by atoms with Crippen LogP contribution in [-0.2, 0) is 9.47 Å². The van der Waals surface area contributed by atoms with E-state index in [9.17, 15) is 0 Å². The van der Waals surface area contributed by atoms with Gasteiger partial charge in [-0.25, -0.2) is 0 Å². The van der Waals surface area contributed by atoms with Crippen LogP contribution in [0.25, 0.3) is 0 Å². The predicted octanol–water partition coefficient (Wildman–Crippen LogP) is 4.33. The number of ether oxygens (including phenoxy) is 2. The molecule has 0 aliphatic carbocycles. The van der Waals surface area contributed by atoms with Crippen molar-refractivity contribution >= 4 is 47.0 Å². The summed E-state index contributed by atoms with van der Waals surface area (Å²) in [5.74, 6) is 3.86. The van der Waals surface area contributed by atoms with Crippen LogP contribution >= 0.6 is 47.0 Å². The highest BCUT2D eigenvalue weighted by atomic mass is 32.2. The summed E-state index contributed by atoms with van der Waals surface area (Å²) in [5.41, 5.74) is 0. The van der Waals surface area contributed by atoms with Crippen LogP contribution in [0.4, 0.5) is 0 Å². The molecular formula is C15H26O2S4. The smallest absolute Gasteiger partial charge is 0.181 e. The third kappa shape index (κ3) is 4.44. The molecule has 0 amide bonds. The second kappa shape index (κ2) is 7.93. The molecule has 4 unspecified atom stereocenters. The van der Waals surface area contributed by atoms with Gasteiger partial charge in [0.15, 0.2) is 6.29 Å². The van der Waals surface area contributed by atoms with Crippen molar-refractivity contribution in [1.29, 1.82) is 0 Å². The van der Waals surface area contributed by atoms with Gasteiger partial charge in [-0.2, -0.15) is 23.5 Å². The fourth-order valence-corrected chi connectivity index (χ4v) is 9.69. The molecule has 0 radical (unpaired) electrons. The van der Waals surface area contributed by atoms with Crippen LogP contribution in [0.1, 0.15) is 33.1 Å². The van der Waals surface area contributed by atoms with E-state index in [1.165, 1.54) is 36.5 Å². The van der Waals surface area contributed by atoms with Crippen LogP contribution in [0.3, 0.4) is 0 Å². The molecular weight excluding hydrogens is 340 g/mol. The Morgan fingerprint density at radius 2 is 1.86 bits per heavy atom. The van der Waals surface area contributed by atoms with E-state index in [2.05, 4.69) is 60.9 Å². The molecule has 2 nitrogen and oxygen atoms in total. The van der Waals surface area contributed by atoms with Gasteiger partial charge < -0.3 is 9.47 Å². The first-order chi connectivity index (χ1) is 10.2. The number of thioether (sulfide) groups is 4. The summed E-state index contributed by atoms with van der Waals surface area (Å²) < 4.78 is 12.0. The van der Waals surface area contributed by atoms with Gasteiger partial charge in [0.05, 0.1) is 13.2 Å². The fourth-order valence-electron chi connectivity index (χ4n) is 3.08. The molecule has 0 aromatic heterocycles. The zero-order valence-electron chi connectivity index (χ0n) is 12.9. The van der Waals surface area contributed by atoms with Crippen LogP contribution in [0.2, 0.25) is 0 Å². The average molecular weight is 367 g/mol. The first kappa shape index (κ1) is 17.2. The van der Waals surface area contributed by atoms with E-state index in [0.29, 0.717) is 0 Å². The van der Waals surface area contributed by atoms with Gasteiger partial charge in [0.25, 0.3) is 0 Å². The molecule has 0 spiro atoms. The van der Waals surface area contributed by atoms with Gasteiger partial charge in [0.1, 0.15) is 4.08 Å². The van der Waals surface area contributed by atoms with Crippen molar-refractivity contribution in [1.82, 2.24) is 0 Å². The van der Waals surface area contributed by atoms with Gasteiger partial charge in [0, 0.05) is 27.3 Å². The van der Waals surface area contributed by atoms with E-state index in [4.69, 9.17) is 9.47 Å². The van der Waals surface area contributed by atoms with Crippen molar-refractivity contribution < 1.29 is 9.47 Å². The summed E-state index contributed by atoms with van der Waals surface area (Å²) >= 11 is 8.54. The van der Waals surface area contributed by atoms with Crippen LogP contribution in [0.5, 0.6) is 0 Å². The Morgan fingerprint density at radius 3 is 2.57 bits per heavy atom. The first-order valence-corrected chi connectivity index (χ1v) is 11.9. The molecule has 6 heteroatoms. The summed E-state index contributed by atoms with van der Waals surface area (Å²) in [6.45, 7) is 6.26. The van der Waals surface area contributed by atoms with Crippen LogP contribution in [0, 0.1) is 0 Å². The first-order valence-electron chi connectivity index (χ1n) is 7.96. The molecule has 0 bridgehead atoms. The summed E-state index contributed by atoms with van der Waals surface area (Å²) in [6, 6.07) is 0. The van der Waals surface area contributed by atoms with E-state index < -0.39 is 0 Å². The maximum atomic E-state index is 5.93. The monoisotopic (exact) mass is 366 g/mol. The van der Waals surface area contributed by atoms with E-state index in [1.54, 1.807) is 0 Å². The largest absolute Gasteiger partial charge is 0.348 e. The molecule has 21 heavy (non-hydrogen) atoms. The maximum absolute atomic E-state index is 5.93. The summed E-state index contributed by atoms with van der Waals surface area (Å²) in [5, 5.41) is 2.29. The van der Waals surface area contributed by atoms with Gasteiger partial charge in [-0.1, -0.05) is 13.8 Å². The summed E-state index contributed by atoms with van der Waals surface area (Å²) in [7, 11) is 0. The minimum absolute atomic E-state index is 0.00953. The molecule has 3 rings (SSSR count). The molecule has 0 aromatic rings. The zero-order valence-corrected chi connectivity index (χ0v) is 16.2. The molecule has 3 saturated heterocycles. The van der Waals surface area contributed by atoms with E-state index in [1.807, 2.05) is 0 Å². The fraction of sp³-hybridized carbons (Fsp3) is 1.00. The molecule has 3 aliphatic rings. The minimum atomic E-state index is 0.00953. The Bertz CT molecular complexity index is 338. The van der Waals surface area contributed by atoms with Gasteiger partial charge in [-0.15, -0.1) is 23.5 Å². The van der Waals surface area contributed by atoms with Crippen molar-refractivity contribution in [2.75, 3.05) is 30.5 Å². The lowest BCUT2D eigenvalue weighted by molar-refractivity contribution is -0.0502. The normalized spacial score (nSPS) is 42.9. The Morgan fingerprint density at radius 1 is 1.05 bits per heavy atom. The maximum Gasteiger partial charge on any atom is 0.181 e. The summed E-state index contributed by atoms with van der Waals surface area (Å²) in [4.78, 5) is 0. The van der Waals surface area contributed by atoms with E-state index in [-0.39, 0.29) is 10.4 Å². The Hall–Kier alpha value is 1.32. The van der Waals surface area contributed by atoms with Crippen LogP contribution in [0.15, 0.2) is 0 Å². The lowest BCUT2D eigenvalue weighted by Crippen LogP contribution is -2.38. The van der Waals surface area contributed by atoms with Gasteiger partial charge in [0.2, 0.25) is 0 Å². The third-order valence-electron chi connectivity index (χ3n) is 4.10. The topological polar surface area (TPSA) is 18.5 Å². The highest BCUT2D eigenvalue weighted by molar-refractivity contribution is 8.21. The number of rotatable bonds is 3. The minimum Gasteiger partial charge on any atom is -0.348 e. The zero-order chi connectivity index (χ0) is 14.7. The van der Waals surface area contributed by atoms with E-state index >= 15 is 0 Å². The lowest BCUT2D eigenvalue weighted by Gasteiger charge is -2.36. The standard InChI is InChI=1S/C15H26O2S4/c1-11-9-19-13(4-3-7-18-11)8-15(14-16-5-6-17-14)20-10-12(2)21-15/h11-14H,3-10H2,1-2H3. The second-order valence-electron chi connectivity index (χ2n) is 6.11. The molecule has 0 saturated carbocycles. The Kier molecular flexibility index (Phi) is 6.48. The number of hydrogen-bond donors (Lipinski definition) is 0. The molecule has 3 fully saturated rings.